The standard InChI is InChI=1S/C17H19Cl2N3O3S2/c1-25-10-2-9-20-17(26)21-12-3-6-14(7-4-12)27(23,24)22-13-5-8-15(18)16(19)11-13/h3-8,11,22H,2,9-10H2,1H3,(H2,20,21,26). The second kappa shape index (κ2) is 10.1. The zero-order valence-corrected chi connectivity index (χ0v) is 17.6. The summed E-state index contributed by atoms with van der Waals surface area (Å²) in [7, 11) is -2.11. The molecule has 0 aromatic heterocycles. The topological polar surface area (TPSA) is 79.5 Å². The monoisotopic (exact) mass is 447 g/mol. The minimum absolute atomic E-state index is 0.109. The minimum Gasteiger partial charge on any atom is -0.385 e. The SMILES string of the molecule is COCCCNC(=S)Nc1ccc(S(=O)(=O)Nc2ccc(Cl)c(Cl)c2)cc1. The fraction of sp³-hybridized carbons (Fsp3) is 0.235. The van der Waals surface area contributed by atoms with Gasteiger partial charge in [-0.15, -0.1) is 0 Å². The molecular weight excluding hydrogens is 429 g/mol. The Morgan fingerprint density at radius 2 is 1.74 bits per heavy atom. The molecule has 3 N–H and O–H groups in total. The van der Waals surface area contributed by atoms with Crippen LogP contribution in [0.5, 0.6) is 0 Å². The Morgan fingerprint density at radius 3 is 2.37 bits per heavy atom. The molecule has 10 heteroatoms. The highest BCUT2D eigenvalue weighted by Crippen LogP contribution is 2.26. The van der Waals surface area contributed by atoms with Gasteiger partial charge >= 0.3 is 0 Å². The molecule has 0 fully saturated rings. The zero-order chi connectivity index (χ0) is 19.9. The van der Waals surface area contributed by atoms with Crippen LogP contribution in [0.3, 0.4) is 0 Å². The molecule has 0 bridgehead atoms. The van der Waals surface area contributed by atoms with Crippen LogP contribution >= 0.6 is 35.4 Å². The van der Waals surface area contributed by atoms with Gasteiger partial charge in [-0.3, -0.25) is 4.72 Å². The van der Waals surface area contributed by atoms with Gasteiger partial charge in [0.1, 0.15) is 0 Å². The van der Waals surface area contributed by atoms with Gasteiger partial charge in [0.2, 0.25) is 0 Å². The van der Waals surface area contributed by atoms with Crippen molar-refractivity contribution in [2.45, 2.75) is 11.3 Å². The highest BCUT2D eigenvalue weighted by Gasteiger charge is 2.15. The van der Waals surface area contributed by atoms with Crippen molar-refractivity contribution in [3.05, 3.63) is 52.5 Å². The van der Waals surface area contributed by atoms with E-state index in [0.29, 0.717) is 34.7 Å². The van der Waals surface area contributed by atoms with Crippen LogP contribution in [0.4, 0.5) is 11.4 Å². The smallest absolute Gasteiger partial charge is 0.261 e. The number of thiocarbonyl (C=S) groups is 1. The Kier molecular flexibility index (Phi) is 8.12. The van der Waals surface area contributed by atoms with Gasteiger partial charge in [0.25, 0.3) is 10.0 Å². The Balaban J connectivity index is 1.98. The van der Waals surface area contributed by atoms with Gasteiger partial charge in [-0.1, -0.05) is 23.2 Å². The van der Waals surface area contributed by atoms with Crippen molar-refractivity contribution in [1.82, 2.24) is 5.32 Å². The van der Waals surface area contributed by atoms with Crippen LogP contribution < -0.4 is 15.4 Å². The van der Waals surface area contributed by atoms with E-state index in [4.69, 9.17) is 40.2 Å². The van der Waals surface area contributed by atoms with E-state index in [1.807, 2.05) is 0 Å². The first-order chi connectivity index (χ1) is 12.8. The molecule has 0 radical (unpaired) electrons. The molecule has 0 atom stereocenters. The second-order valence-corrected chi connectivity index (χ2v) is 8.39. The lowest BCUT2D eigenvalue weighted by Gasteiger charge is -2.12. The Morgan fingerprint density at radius 1 is 1.07 bits per heavy atom. The normalized spacial score (nSPS) is 11.1. The van der Waals surface area contributed by atoms with Gasteiger partial charge < -0.3 is 15.4 Å². The molecule has 27 heavy (non-hydrogen) atoms. The van der Waals surface area contributed by atoms with E-state index in [2.05, 4.69) is 15.4 Å². The van der Waals surface area contributed by atoms with Crippen molar-refractivity contribution in [1.29, 1.82) is 0 Å². The molecule has 0 aliphatic rings. The molecule has 0 aliphatic carbocycles. The lowest BCUT2D eigenvalue weighted by molar-refractivity contribution is 0.196. The van der Waals surface area contributed by atoms with E-state index < -0.39 is 10.0 Å². The number of anilines is 2. The summed E-state index contributed by atoms with van der Waals surface area (Å²) >= 11 is 16.9. The number of nitrogens with one attached hydrogen (secondary N) is 3. The van der Waals surface area contributed by atoms with E-state index in [9.17, 15) is 8.42 Å². The largest absolute Gasteiger partial charge is 0.385 e. The molecule has 2 aromatic rings. The van der Waals surface area contributed by atoms with Crippen molar-refractivity contribution < 1.29 is 13.2 Å². The molecule has 0 heterocycles. The van der Waals surface area contributed by atoms with E-state index in [1.54, 1.807) is 19.2 Å². The van der Waals surface area contributed by atoms with Gasteiger partial charge in [-0.05, 0) is 61.1 Å². The van der Waals surface area contributed by atoms with Gasteiger partial charge in [0.15, 0.2) is 5.11 Å². The van der Waals surface area contributed by atoms with E-state index >= 15 is 0 Å². The molecule has 0 spiro atoms. The number of benzene rings is 2. The fourth-order valence-corrected chi connectivity index (χ4v) is 3.65. The average Bonchev–Trinajstić information content (AvgIpc) is 2.62. The summed E-state index contributed by atoms with van der Waals surface area (Å²) < 4.78 is 32.4. The maximum Gasteiger partial charge on any atom is 0.261 e. The summed E-state index contributed by atoms with van der Waals surface area (Å²) in [6, 6.07) is 10.7. The van der Waals surface area contributed by atoms with Gasteiger partial charge in [0, 0.05) is 25.9 Å². The predicted octanol–water partition coefficient (Wildman–Crippen LogP) is 4.12. The number of rotatable bonds is 8. The summed E-state index contributed by atoms with van der Waals surface area (Å²) in [4.78, 5) is 0.109. The molecule has 2 aromatic carbocycles. The quantitative estimate of drug-likeness (QED) is 0.417. The zero-order valence-electron chi connectivity index (χ0n) is 14.5. The van der Waals surface area contributed by atoms with Crippen molar-refractivity contribution in [3.8, 4) is 0 Å². The molecule has 146 valence electrons. The first-order valence-electron chi connectivity index (χ1n) is 7.93. The van der Waals surface area contributed by atoms with Gasteiger partial charge in [0.05, 0.1) is 20.6 Å². The van der Waals surface area contributed by atoms with Crippen molar-refractivity contribution in [2.75, 3.05) is 30.3 Å². The van der Waals surface area contributed by atoms with Gasteiger partial charge in [-0.25, -0.2) is 8.42 Å². The maximum absolute atomic E-state index is 12.5. The highest BCUT2D eigenvalue weighted by molar-refractivity contribution is 7.92. The third kappa shape index (κ3) is 6.82. The third-order valence-electron chi connectivity index (χ3n) is 3.41. The van der Waals surface area contributed by atoms with Crippen LogP contribution in [0.2, 0.25) is 10.0 Å². The van der Waals surface area contributed by atoms with Crippen LogP contribution in [0, 0.1) is 0 Å². The molecule has 0 amide bonds. The second-order valence-electron chi connectivity index (χ2n) is 5.49. The molecule has 0 aliphatic heterocycles. The summed E-state index contributed by atoms with van der Waals surface area (Å²) in [5.74, 6) is 0. The number of methoxy groups -OCH3 is 1. The first kappa shape index (κ1) is 21.7. The van der Waals surface area contributed by atoms with E-state index in [0.717, 1.165) is 6.42 Å². The molecule has 6 nitrogen and oxygen atoms in total. The average molecular weight is 448 g/mol. The lowest BCUT2D eigenvalue weighted by Crippen LogP contribution is -2.29. The van der Waals surface area contributed by atoms with Crippen LogP contribution in [0.25, 0.3) is 0 Å². The molecule has 0 saturated heterocycles. The van der Waals surface area contributed by atoms with Crippen molar-refractivity contribution >= 4 is 61.9 Å². The highest BCUT2D eigenvalue weighted by atomic mass is 35.5. The summed E-state index contributed by atoms with van der Waals surface area (Å²) in [5.41, 5.74) is 1.00. The Bertz CT molecular complexity index is 891. The predicted molar refractivity (Wildman–Crippen MR) is 114 cm³/mol. The number of ether oxygens (including phenoxy) is 1. The van der Waals surface area contributed by atoms with E-state index in [1.165, 1.54) is 30.3 Å². The van der Waals surface area contributed by atoms with Crippen molar-refractivity contribution in [3.63, 3.8) is 0 Å². The maximum atomic E-state index is 12.5. The molecule has 0 unspecified atom stereocenters. The Hall–Kier alpha value is -1.58. The molecule has 0 saturated carbocycles. The summed E-state index contributed by atoms with van der Waals surface area (Å²) in [5, 5.41) is 7.10. The molecule has 2 rings (SSSR count). The fourth-order valence-electron chi connectivity index (χ4n) is 2.08. The van der Waals surface area contributed by atoms with E-state index in [-0.39, 0.29) is 9.92 Å². The summed E-state index contributed by atoms with van der Waals surface area (Å²) in [6.07, 6.45) is 0.829. The minimum atomic E-state index is -3.75. The Labute approximate surface area is 174 Å². The number of hydrogen-bond acceptors (Lipinski definition) is 4. The van der Waals surface area contributed by atoms with Crippen LogP contribution in [-0.2, 0) is 14.8 Å². The van der Waals surface area contributed by atoms with Crippen LogP contribution in [0.1, 0.15) is 6.42 Å². The third-order valence-corrected chi connectivity index (χ3v) is 5.79. The van der Waals surface area contributed by atoms with Crippen molar-refractivity contribution in [2.24, 2.45) is 0 Å². The lowest BCUT2D eigenvalue weighted by atomic mass is 10.3. The molecular formula is C17H19Cl2N3O3S2. The van der Waals surface area contributed by atoms with Gasteiger partial charge in [-0.2, -0.15) is 0 Å². The number of halogens is 2. The summed E-state index contributed by atoms with van der Waals surface area (Å²) in [6.45, 7) is 1.33. The number of sulfonamides is 1. The van der Waals surface area contributed by atoms with Crippen LogP contribution in [-0.4, -0.2) is 33.8 Å². The first-order valence-corrected chi connectivity index (χ1v) is 10.6. The number of hydrogen-bond donors (Lipinski definition) is 3. The van der Waals surface area contributed by atoms with Crippen LogP contribution in [0.15, 0.2) is 47.4 Å².